The molecule has 1 rings (SSSR count). The van der Waals surface area contributed by atoms with Crippen LogP contribution in [0.4, 0.5) is 13.2 Å². The molecule has 0 aliphatic carbocycles. The summed E-state index contributed by atoms with van der Waals surface area (Å²) in [5, 5.41) is 9.55. The summed E-state index contributed by atoms with van der Waals surface area (Å²) in [4.78, 5) is 0. The van der Waals surface area contributed by atoms with Gasteiger partial charge in [0, 0.05) is 5.75 Å². The number of hydrogen-bond donors (Lipinski definition) is 1. The van der Waals surface area contributed by atoms with E-state index in [0.29, 0.717) is 12.2 Å². The second-order valence-electron chi connectivity index (χ2n) is 3.64. The van der Waals surface area contributed by atoms with Crippen LogP contribution in [-0.4, -0.2) is 23.0 Å². The maximum atomic E-state index is 11.8. The normalized spacial score (nSPS) is 13.4. The first kappa shape index (κ1) is 15.2. The van der Waals surface area contributed by atoms with Gasteiger partial charge in [0.25, 0.3) is 0 Å². The number of hydrogen-bond acceptors (Lipinski definition) is 3. The van der Waals surface area contributed by atoms with Crippen molar-refractivity contribution in [3.05, 3.63) is 29.8 Å². The van der Waals surface area contributed by atoms with E-state index in [0.717, 1.165) is 5.56 Å². The fourth-order valence-electron chi connectivity index (χ4n) is 1.34. The summed E-state index contributed by atoms with van der Waals surface area (Å²) in [6.45, 7) is 1.86. The third-order valence-electron chi connectivity index (χ3n) is 2.27. The van der Waals surface area contributed by atoms with E-state index in [4.69, 9.17) is 4.74 Å². The minimum atomic E-state index is -4.21. The summed E-state index contributed by atoms with van der Waals surface area (Å²) < 4.78 is 40.7. The smallest absolute Gasteiger partial charge is 0.441 e. The summed E-state index contributed by atoms with van der Waals surface area (Å²) in [6, 6.07) is 6.71. The van der Waals surface area contributed by atoms with Crippen LogP contribution in [0.15, 0.2) is 24.3 Å². The molecule has 0 amide bonds. The van der Waals surface area contributed by atoms with Crippen LogP contribution in [0.2, 0.25) is 0 Å². The van der Waals surface area contributed by atoms with Crippen molar-refractivity contribution in [3.8, 4) is 5.75 Å². The molecule has 0 saturated carbocycles. The molecule has 102 valence electrons. The Morgan fingerprint density at radius 2 is 1.89 bits per heavy atom. The molecule has 0 spiro atoms. The first-order valence-electron chi connectivity index (χ1n) is 5.54. The van der Waals surface area contributed by atoms with Crippen LogP contribution in [0.1, 0.15) is 25.0 Å². The van der Waals surface area contributed by atoms with E-state index >= 15 is 0 Å². The number of ether oxygens (including phenoxy) is 1. The quantitative estimate of drug-likeness (QED) is 0.804. The molecule has 1 atom stereocenters. The van der Waals surface area contributed by atoms with Crippen LogP contribution in [-0.2, 0) is 0 Å². The number of thioether (sulfide) groups is 1. The van der Waals surface area contributed by atoms with E-state index in [1.165, 1.54) is 0 Å². The minimum Gasteiger partial charge on any atom is -0.493 e. The van der Waals surface area contributed by atoms with Crippen molar-refractivity contribution < 1.29 is 23.0 Å². The molecule has 18 heavy (non-hydrogen) atoms. The summed E-state index contributed by atoms with van der Waals surface area (Å²) in [5.74, 6) is 0.368. The van der Waals surface area contributed by atoms with Gasteiger partial charge in [-0.3, -0.25) is 0 Å². The molecule has 0 aromatic heterocycles. The Morgan fingerprint density at radius 1 is 1.28 bits per heavy atom. The van der Waals surface area contributed by atoms with Gasteiger partial charge in [0.15, 0.2) is 0 Å². The van der Waals surface area contributed by atoms with Gasteiger partial charge >= 0.3 is 5.51 Å². The van der Waals surface area contributed by atoms with Crippen LogP contribution in [0, 0.1) is 0 Å². The topological polar surface area (TPSA) is 29.5 Å². The zero-order chi connectivity index (χ0) is 13.6. The summed E-state index contributed by atoms with van der Waals surface area (Å²) >= 11 is -0.101. The summed E-state index contributed by atoms with van der Waals surface area (Å²) in [6.07, 6.45) is 0.0995. The minimum absolute atomic E-state index is 0.000144. The average molecular weight is 280 g/mol. The van der Waals surface area contributed by atoms with Gasteiger partial charge in [0.05, 0.1) is 12.7 Å². The van der Waals surface area contributed by atoms with Gasteiger partial charge in [-0.05, 0) is 35.9 Å². The molecule has 1 aromatic rings. The Morgan fingerprint density at radius 3 is 2.39 bits per heavy atom. The lowest BCUT2D eigenvalue weighted by atomic mass is 10.1. The fourth-order valence-corrected chi connectivity index (χ4v) is 1.74. The van der Waals surface area contributed by atoms with E-state index in [1.807, 2.05) is 6.92 Å². The Hall–Kier alpha value is -0.880. The number of benzene rings is 1. The molecule has 1 aromatic carbocycles. The molecule has 6 heteroatoms. The van der Waals surface area contributed by atoms with Gasteiger partial charge in [0.2, 0.25) is 0 Å². The van der Waals surface area contributed by atoms with Crippen molar-refractivity contribution in [2.45, 2.75) is 25.0 Å². The second-order valence-corrected chi connectivity index (χ2v) is 4.80. The molecule has 0 aliphatic rings. The van der Waals surface area contributed by atoms with Gasteiger partial charge in [-0.15, -0.1) is 0 Å². The van der Waals surface area contributed by atoms with Crippen LogP contribution < -0.4 is 4.74 Å². The van der Waals surface area contributed by atoms with Gasteiger partial charge in [-0.2, -0.15) is 13.2 Å². The molecule has 0 heterocycles. The average Bonchev–Trinajstić information content (AvgIpc) is 2.33. The highest BCUT2D eigenvalue weighted by atomic mass is 32.2. The molecule has 0 bridgehead atoms. The second kappa shape index (κ2) is 6.89. The monoisotopic (exact) mass is 280 g/mol. The zero-order valence-electron chi connectivity index (χ0n) is 9.91. The zero-order valence-corrected chi connectivity index (χ0v) is 10.7. The van der Waals surface area contributed by atoms with Gasteiger partial charge in [-0.25, -0.2) is 0 Å². The Balaban J connectivity index is 2.35. The van der Waals surface area contributed by atoms with Gasteiger partial charge in [-0.1, -0.05) is 19.1 Å². The number of aliphatic hydroxyl groups excluding tert-OH is 1. The largest absolute Gasteiger partial charge is 0.493 e. The van der Waals surface area contributed by atoms with E-state index in [1.54, 1.807) is 24.3 Å². The van der Waals surface area contributed by atoms with Gasteiger partial charge in [0.1, 0.15) is 5.75 Å². The molecule has 0 radical (unpaired) electrons. The SMILES string of the molecule is CC[C@H](O)c1ccc(OCCSC(F)(F)F)cc1. The Bertz CT molecular complexity index is 351. The maximum absolute atomic E-state index is 11.8. The number of aliphatic hydroxyl groups is 1. The maximum Gasteiger partial charge on any atom is 0.441 e. The number of rotatable bonds is 6. The van der Waals surface area contributed by atoms with Crippen molar-refractivity contribution in [1.82, 2.24) is 0 Å². The highest BCUT2D eigenvalue weighted by molar-refractivity contribution is 8.00. The van der Waals surface area contributed by atoms with E-state index in [9.17, 15) is 18.3 Å². The predicted molar refractivity (Wildman–Crippen MR) is 65.7 cm³/mol. The van der Waals surface area contributed by atoms with Crippen molar-refractivity contribution in [2.24, 2.45) is 0 Å². The third kappa shape index (κ3) is 5.64. The number of halogens is 3. The molecule has 0 fully saturated rings. The van der Waals surface area contributed by atoms with Crippen molar-refractivity contribution >= 4 is 11.8 Å². The van der Waals surface area contributed by atoms with E-state index in [-0.39, 0.29) is 24.1 Å². The molecule has 1 N–H and O–H groups in total. The van der Waals surface area contributed by atoms with Crippen molar-refractivity contribution in [2.75, 3.05) is 12.4 Å². The van der Waals surface area contributed by atoms with Crippen LogP contribution in [0.25, 0.3) is 0 Å². The molecular weight excluding hydrogens is 265 g/mol. The van der Waals surface area contributed by atoms with Crippen molar-refractivity contribution in [3.63, 3.8) is 0 Å². The van der Waals surface area contributed by atoms with Crippen LogP contribution in [0.3, 0.4) is 0 Å². The van der Waals surface area contributed by atoms with Crippen molar-refractivity contribution in [1.29, 1.82) is 0 Å². The van der Waals surface area contributed by atoms with E-state index in [2.05, 4.69) is 0 Å². The molecular formula is C12H15F3O2S. The van der Waals surface area contributed by atoms with Crippen LogP contribution >= 0.6 is 11.8 Å². The number of alkyl halides is 3. The fraction of sp³-hybridized carbons (Fsp3) is 0.500. The van der Waals surface area contributed by atoms with Crippen LogP contribution in [0.5, 0.6) is 5.75 Å². The predicted octanol–water partition coefficient (Wildman–Crippen LogP) is 3.76. The highest BCUT2D eigenvalue weighted by Gasteiger charge is 2.27. The summed E-state index contributed by atoms with van der Waals surface area (Å²) in [7, 11) is 0. The lowest BCUT2D eigenvalue weighted by Gasteiger charge is -2.10. The first-order chi connectivity index (χ1) is 8.42. The van der Waals surface area contributed by atoms with Gasteiger partial charge < -0.3 is 9.84 Å². The molecule has 0 aliphatic heterocycles. The molecule has 0 saturated heterocycles. The summed E-state index contributed by atoms with van der Waals surface area (Å²) in [5.41, 5.74) is -3.44. The highest BCUT2D eigenvalue weighted by Crippen LogP contribution is 2.29. The molecule has 0 unspecified atom stereocenters. The first-order valence-corrected chi connectivity index (χ1v) is 6.52. The third-order valence-corrected chi connectivity index (χ3v) is 2.97. The molecule has 2 nitrogen and oxygen atoms in total. The Labute approximate surface area is 108 Å². The van der Waals surface area contributed by atoms with E-state index < -0.39 is 11.6 Å². The standard InChI is InChI=1S/C12H15F3O2S/c1-2-11(16)9-3-5-10(6-4-9)17-7-8-18-12(13,14)15/h3-6,11,16H,2,7-8H2,1H3/t11-/m0/s1. The Kier molecular flexibility index (Phi) is 5.81. The lowest BCUT2D eigenvalue weighted by Crippen LogP contribution is -2.07. The lowest BCUT2D eigenvalue weighted by molar-refractivity contribution is -0.0329.